The summed E-state index contributed by atoms with van der Waals surface area (Å²) in [5, 5.41) is 9.02. The third-order valence-corrected chi connectivity index (χ3v) is 5.62. The number of rotatable bonds is 5. The number of halogens is 1. The topological polar surface area (TPSA) is 70.1 Å². The Morgan fingerprint density at radius 1 is 1.07 bits per heavy atom. The van der Waals surface area contributed by atoms with Crippen LogP contribution >= 0.6 is 0 Å². The lowest BCUT2D eigenvalue weighted by atomic mass is 10.2. The van der Waals surface area contributed by atoms with Crippen LogP contribution in [0.5, 0.6) is 0 Å². The molecule has 2 atom stereocenters. The maximum atomic E-state index is 14.1. The number of carbonyl (C=O) groups excluding carboxylic acids is 1. The van der Waals surface area contributed by atoms with Crippen molar-refractivity contribution in [1.29, 1.82) is 0 Å². The maximum Gasteiger partial charge on any atom is 0.414 e. The number of anilines is 1. The number of benzene rings is 2. The van der Waals surface area contributed by atoms with Gasteiger partial charge in [-0.15, -0.1) is 0 Å². The minimum Gasteiger partial charge on any atom is -0.465 e. The average molecular weight is 384 g/mol. The van der Waals surface area contributed by atoms with E-state index in [1.54, 1.807) is 30.3 Å². The summed E-state index contributed by atoms with van der Waals surface area (Å²) in [4.78, 5) is 26.6. The molecular weight excluding hydrogens is 363 g/mol. The molecule has 2 aromatic rings. The van der Waals surface area contributed by atoms with E-state index in [9.17, 15) is 14.0 Å². The van der Waals surface area contributed by atoms with Crippen molar-refractivity contribution in [3.8, 4) is 0 Å². The van der Waals surface area contributed by atoms with E-state index in [2.05, 4.69) is 0 Å². The highest BCUT2D eigenvalue weighted by Gasteiger charge is 2.57. The van der Waals surface area contributed by atoms with Gasteiger partial charge in [0.15, 0.2) is 0 Å². The van der Waals surface area contributed by atoms with Crippen LogP contribution in [0.2, 0.25) is 0 Å². The second-order valence-electron chi connectivity index (χ2n) is 7.27. The number of piperidine rings is 1. The molecule has 2 aliphatic rings. The van der Waals surface area contributed by atoms with E-state index in [1.807, 2.05) is 18.2 Å². The van der Waals surface area contributed by atoms with E-state index >= 15 is 0 Å². The fraction of sp³-hybridized carbons (Fsp3) is 0.333. The van der Waals surface area contributed by atoms with Crippen LogP contribution in [0.15, 0.2) is 54.6 Å². The standard InChI is InChI=1S/C21H21FN2O4/c22-19-9-5-4-6-14(19)10-24(15-7-2-1-3-8-15)21(27)28-13-18-16-11-23(20(25)26)12-17(16)18/h1-9,16-18H,10-13H2,(H,25,26). The highest BCUT2D eigenvalue weighted by molar-refractivity contribution is 5.87. The highest BCUT2D eigenvalue weighted by Crippen LogP contribution is 2.51. The van der Waals surface area contributed by atoms with Gasteiger partial charge in [-0.2, -0.15) is 0 Å². The van der Waals surface area contributed by atoms with Gasteiger partial charge in [0.2, 0.25) is 0 Å². The van der Waals surface area contributed by atoms with E-state index in [1.165, 1.54) is 15.9 Å². The molecule has 1 aliphatic heterocycles. The molecule has 2 unspecified atom stereocenters. The fourth-order valence-electron chi connectivity index (χ4n) is 3.96. The predicted octanol–water partition coefficient (Wildman–Crippen LogP) is 3.82. The lowest BCUT2D eigenvalue weighted by Crippen LogP contribution is -2.33. The van der Waals surface area contributed by atoms with Gasteiger partial charge in [-0.05, 0) is 30.0 Å². The summed E-state index contributed by atoms with van der Waals surface area (Å²) in [6, 6.07) is 15.4. The molecule has 1 saturated carbocycles. The van der Waals surface area contributed by atoms with Gasteiger partial charge in [0, 0.05) is 30.3 Å². The van der Waals surface area contributed by atoms with Gasteiger partial charge in [-0.25, -0.2) is 14.0 Å². The number of hydrogen-bond acceptors (Lipinski definition) is 3. The molecule has 0 bridgehead atoms. The molecular formula is C21H21FN2O4. The summed E-state index contributed by atoms with van der Waals surface area (Å²) in [5.41, 5.74) is 1.03. The molecule has 0 aromatic heterocycles. The summed E-state index contributed by atoms with van der Waals surface area (Å²) >= 11 is 0. The van der Waals surface area contributed by atoms with Gasteiger partial charge >= 0.3 is 12.2 Å². The number of para-hydroxylation sites is 1. The van der Waals surface area contributed by atoms with Crippen molar-refractivity contribution in [3.05, 3.63) is 66.0 Å². The van der Waals surface area contributed by atoms with E-state index < -0.39 is 12.2 Å². The second-order valence-corrected chi connectivity index (χ2v) is 7.27. The zero-order chi connectivity index (χ0) is 19.7. The predicted molar refractivity (Wildman–Crippen MR) is 100 cm³/mol. The summed E-state index contributed by atoms with van der Waals surface area (Å²) in [6.07, 6.45) is -1.43. The van der Waals surface area contributed by atoms with Gasteiger partial charge in [0.1, 0.15) is 5.82 Å². The third kappa shape index (κ3) is 3.65. The highest BCUT2D eigenvalue weighted by atomic mass is 19.1. The van der Waals surface area contributed by atoms with Crippen LogP contribution < -0.4 is 4.90 Å². The monoisotopic (exact) mass is 384 g/mol. The number of likely N-dealkylation sites (tertiary alicyclic amines) is 1. The Morgan fingerprint density at radius 3 is 2.36 bits per heavy atom. The summed E-state index contributed by atoms with van der Waals surface area (Å²) in [6.45, 7) is 1.32. The van der Waals surface area contributed by atoms with E-state index in [-0.39, 0.29) is 36.7 Å². The number of nitrogens with zero attached hydrogens (tertiary/aromatic N) is 2. The van der Waals surface area contributed by atoms with E-state index in [4.69, 9.17) is 9.84 Å². The molecule has 1 saturated heterocycles. The molecule has 1 aliphatic carbocycles. The number of amides is 2. The Hall–Kier alpha value is -3.09. The van der Waals surface area contributed by atoms with Crippen LogP contribution in [0.3, 0.4) is 0 Å². The van der Waals surface area contributed by atoms with Crippen molar-refractivity contribution in [2.45, 2.75) is 6.54 Å². The molecule has 2 aromatic carbocycles. The maximum absolute atomic E-state index is 14.1. The molecule has 28 heavy (non-hydrogen) atoms. The molecule has 6 nitrogen and oxygen atoms in total. The van der Waals surface area contributed by atoms with Crippen LogP contribution in [-0.2, 0) is 11.3 Å². The van der Waals surface area contributed by atoms with Crippen molar-refractivity contribution in [2.24, 2.45) is 17.8 Å². The molecule has 4 rings (SSSR count). The number of hydrogen-bond donors (Lipinski definition) is 1. The summed E-state index contributed by atoms with van der Waals surface area (Å²) in [5.74, 6) is 0.355. The number of carboxylic acid groups (broad SMARTS) is 1. The molecule has 2 amide bonds. The third-order valence-electron chi connectivity index (χ3n) is 5.62. The van der Waals surface area contributed by atoms with Crippen molar-refractivity contribution in [3.63, 3.8) is 0 Å². The average Bonchev–Trinajstić information content (AvgIpc) is 3.14. The normalized spacial score (nSPS) is 22.5. The Kier molecular flexibility index (Phi) is 4.90. The fourth-order valence-corrected chi connectivity index (χ4v) is 3.96. The zero-order valence-electron chi connectivity index (χ0n) is 15.2. The Labute approximate surface area is 162 Å². The molecule has 1 heterocycles. The smallest absolute Gasteiger partial charge is 0.414 e. The van der Waals surface area contributed by atoms with Crippen molar-refractivity contribution < 1.29 is 23.8 Å². The van der Waals surface area contributed by atoms with Crippen LogP contribution in [0.25, 0.3) is 0 Å². The van der Waals surface area contributed by atoms with Gasteiger partial charge in [-0.3, -0.25) is 4.90 Å². The molecule has 1 N–H and O–H groups in total. The lowest BCUT2D eigenvalue weighted by molar-refractivity contribution is 0.129. The van der Waals surface area contributed by atoms with Gasteiger partial charge < -0.3 is 14.7 Å². The summed E-state index contributed by atoms with van der Waals surface area (Å²) in [7, 11) is 0. The molecule has 0 spiro atoms. The number of ether oxygens (including phenoxy) is 1. The van der Waals surface area contributed by atoms with Crippen molar-refractivity contribution in [1.82, 2.24) is 4.90 Å². The Bertz CT molecular complexity index is 864. The lowest BCUT2D eigenvalue weighted by Gasteiger charge is -2.23. The summed E-state index contributed by atoms with van der Waals surface area (Å²) < 4.78 is 19.6. The molecule has 0 radical (unpaired) electrons. The minimum absolute atomic E-state index is 0.0693. The van der Waals surface area contributed by atoms with E-state index in [0.717, 1.165) is 0 Å². The van der Waals surface area contributed by atoms with Crippen LogP contribution in [0.4, 0.5) is 19.7 Å². The van der Waals surface area contributed by atoms with Crippen LogP contribution in [0, 0.1) is 23.6 Å². The first-order valence-corrected chi connectivity index (χ1v) is 9.25. The first-order chi connectivity index (χ1) is 13.5. The van der Waals surface area contributed by atoms with Gasteiger partial charge in [0.05, 0.1) is 13.2 Å². The molecule has 146 valence electrons. The Morgan fingerprint density at radius 2 is 1.71 bits per heavy atom. The minimum atomic E-state index is -0.900. The first-order valence-electron chi connectivity index (χ1n) is 9.25. The van der Waals surface area contributed by atoms with Crippen molar-refractivity contribution in [2.75, 3.05) is 24.6 Å². The largest absolute Gasteiger partial charge is 0.465 e. The van der Waals surface area contributed by atoms with Crippen LogP contribution in [0.1, 0.15) is 5.56 Å². The van der Waals surface area contributed by atoms with Gasteiger partial charge in [-0.1, -0.05) is 36.4 Å². The van der Waals surface area contributed by atoms with Crippen molar-refractivity contribution >= 4 is 17.9 Å². The second kappa shape index (κ2) is 7.50. The van der Waals surface area contributed by atoms with Gasteiger partial charge in [0.25, 0.3) is 0 Å². The zero-order valence-corrected chi connectivity index (χ0v) is 15.2. The first kappa shape index (κ1) is 18.3. The number of carbonyl (C=O) groups is 2. The van der Waals surface area contributed by atoms with E-state index in [0.29, 0.717) is 24.3 Å². The van der Waals surface area contributed by atoms with Crippen LogP contribution in [-0.4, -0.2) is 41.9 Å². The molecule has 7 heteroatoms. The quantitative estimate of drug-likeness (QED) is 0.851. The Balaban J connectivity index is 1.40. The SMILES string of the molecule is O=C(O)N1CC2C(COC(=O)N(Cc3ccccc3F)c3ccccc3)C2C1. The molecule has 2 fully saturated rings. The number of fused-ring (bicyclic) bond motifs is 1.